The highest BCUT2D eigenvalue weighted by Crippen LogP contribution is 2.26. The summed E-state index contributed by atoms with van der Waals surface area (Å²) in [4.78, 5) is 4.02. The molecule has 6 heteroatoms. The first-order valence-electron chi connectivity index (χ1n) is 4.99. The van der Waals surface area contributed by atoms with Gasteiger partial charge < -0.3 is 9.84 Å². The number of hydrogen-bond donors (Lipinski definition) is 1. The molecule has 0 spiro atoms. The van der Waals surface area contributed by atoms with Gasteiger partial charge in [-0.2, -0.15) is 0 Å². The molecule has 0 aliphatic heterocycles. The fourth-order valence-electron chi connectivity index (χ4n) is 1.29. The van der Waals surface area contributed by atoms with Crippen LogP contribution in [0.25, 0.3) is 0 Å². The third kappa shape index (κ3) is 2.98. The van der Waals surface area contributed by atoms with Crippen molar-refractivity contribution in [2.45, 2.75) is 6.61 Å². The Morgan fingerprint density at radius 3 is 2.78 bits per heavy atom. The van der Waals surface area contributed by atoms with E-state index in [9.17, 15) is 4.39 Å². The Balaban J connectivity index is 2.25. The fraction of sp³-hybridized carbons (Fsp3) is 0.0833. The Hall–Kier alpha value is -1.17. The van der Waals surface area contributed by atoms with Crippen molar-refractivity contribution in [3.8, 4) is 11.6 Å². The van der Waals surface area contributed by atoms with Crippen LogP contribution in [-0.2, 0) is 6.61 Å². The first kappa shape index (κ1) is 13.3. The van der Waals surface area contributed by atoms with E-state index in [-0.39, 0.29) is 18.3 Å². The van der Waals surface area contributed by atoms with E-state index in [2.05, 4.69) is 20.9 Å². The molecule has 1 aromatic heterocycles. The monoisotopic (exact) mass is 331 g/mol. The van der Waals surface area contributed by atoms with Crippen molar-refractivity contribution >= 4 is 27.5 Å². The summed E-state index contributed by atoms with van der Waals surface area (Å²) < 4.78 is 18.8. The molecule has 94 valence electrons. The summed E-state index contributed by atoms with van der Waals surface area (Å²) in [5.74, 6) is 0.339. The van der Waals surface area contributed by atoms with Crippen LogP contribution in [-0.4, -0.2) is 10.1 Å². The molecule has 0 unspecified atom stereocenters. The minimum absolute atomic E-state index is 0.275. The number of pyridine rings is 1. The van der Waals surface area contributed by atoms with E-state index in [0.717, 1.165) is 0 Å². The van der Waals surface area contributed by atoms with Crippen molar-refractivity contribution in [1.29, 1.82) is 0 Å². The molecule has 0 radical (unpaired) electrons. The standard InChI is InChI=1S/C12H8BrClFNO2/c13-8-5-7(1-3-10(8)15)18-12-4-2-9(14)11(6-17)16-12/h1-5,17H,6H2. The summed E-state index contributed by atoms with van der Waals surface area (Å²) in [6.07, 6.45) is 0. The highest BCUT2D eigenvalue weighted by atomic mass is 79.9. The van der Waals surface area contributed by atoms with E-state index < -0.39 is 0 Å². The van der Waals surface area contributed by atoms with Gasteiger partial charge in [0.2, 0.25) is 5.88 Å². The maximum Gasteiger partial charge on any atom is 0.219 e. The van der Waals surface area contributed by atoms with Gasteiger partial charge in [0.05, 0.1) is 21.8 Å². The average molecular weight is 333 g/mol. The number of aliphatic hydroxyl groups is 1. The quantitative estimate of drug-likeness (QED) is 0.926. The minimum atomic E-state index is -0.373. The predicted molar refractivity (Wildman–Crippen MR) is 69.3 cm³/mol. The number of nitrogens with zero attached hydrogens (tertiary/aromatic N) is 1. The molecular weight excluding hydrogens is 324 g/mol. The maximum atomic E-state index is 13.0. The molecule has 18 heavy (non-hydrogen) atoms. The lowest BCUT2D eigenvalue weighted by Gasteiger charge is -2.07. The van der Waals surface area contributed by atoms with Crippen molar-refractivity contribution in [3.05, 3.63) is 51.3 Å². The molecule has 3 nitrogen and oxygen atoms in total. The second kappa shape index (κ2) is 5.65. The van der Waals surface area contributed by atoms with Crippen molar-refractivity contribution in [1.82, 2.24) is 4.98 Å². The second-order valence-corrected chi connectivity index (χ2v) is 4.68. The molecule has 0 bridgehead atoms. The molecule has 0 aliphatic rings. The molecule has 2 aromatic rings. The van der Waals surface area contributed by atoms with E-state index in [1.54, 1.807) is 12.1 Å². The number of ether oxygens (including phenoxy) is 1. The van der Waals surface area contributed by atoms with Crippen LogP contribution in [0, 0.1) is 5.82 Å². The van der Waals surface area contributed by atoms with Crippen LogP contribution < -0.4 is 4.74 Å². The zero-order valence-corrected chi connectivity index (χ0v) is 11.4. The second-order valence-electron chi connectivity index (χ2n) is 3.41. The molecule has 0 aliphatic carbocycles. The van der Waals surface area contributed by atoms with Crippen LogP contribution in [0.15, 0.2) is 34.8 Å². The highest BCUT2D eigenvalue weighted by molar-refractivity contribution is 9.10. The molecule has 1 N–H and O–H groups in total. The van der Waals surface area contributed by atoms with Gasteiger partial charge in [-0.1, -0.05) is 11.6 Å². The molecule has 2 rings (SSSR count). The normalized spacial score (nSPS) is 10.4. The highest BCUT2D eigenvalue weighted by Gasteiger charge is 2.06. The molecule has 0 fully saturated rings. The van der Waals surface area contributed by atoms with Gasteiger partial charge in [-0.05, 0) is 40.2 Å². The van der Waals surface area contributed by atoms with Gasteiger partial charge in [-0.25, -0.2) is 9.37 Å². The lowest BCUT2D eigenvalue weighted by Crippen LogP contribution is -1.94. The van der Waals surface area contributed by atoms with Gasteiger partial charge >= 0.3 is 0 Å². The molecule has 0 atom stereocenters. The third-order valence-electron chi connectivity index (χ3n) is 2.16. The Kier molecular flexibility index (Phi) is 4.16. The van der Waals surface area contributed by atoms with Gasteiger partial charge in [0.15, 0.2) is 0 Å². The molecule has 0 saturated carbocycles. The van der Waals surface area contributed by atoms with E-state index >= 15 is 0 Å². The van der Waals surface area contributed by atoms with Crippen molar-refractivity contribution < 1.29 is 14.2 Å². The minimum Gasteiger partial charge on any atom is -0.439 e. The molecular formula is C12H8BrClFNO2. The summed E-state index contributed by atoms with van der Waals surface area (Å²) in [7, 11) is 0. The fourth-order valence-corrected chi connectivity index (χ4v) is 1.82. The van der Waals surface area contributed by atoms with Crippen molar-refractivity contribution in [2.75, 3.05) is 0 Å². The van der Waals surface area contributed by atoms with Crippen LogP contribution in [0.4, 0.5) is 4.39 Å². The van der Waals surface area contributed by atoms with Gasteiger partial charge in [0, 0.05) is 6.07 Å². The number of halogens is 3. The zero-order valence-electron chi connectivity index (χ0n) is 9.03. The number of hydrogen-bond acceptors (Lipinski definition) is 3. The van der Waals surface area contributed by atoms with E-state index in [1.165, 1.54) is 18.2 Å². The van der Waals surface area contributed by atoms with Crippen molar-refractivity contribution in [2.24, 2.45) is 0 Å². The van der Waals surface area contributed by atoms with E-state index in [1.807, 2.05) is 0 Å². The third-order valence-corrected chi connectivity index (χ3v) is 3.11. The van der Waals surface area contributed by atoms with Gasteiger partial charge in [0.1, 0.15) is 11.6 Å². The van der Waals surface area contributed by atoms with Crippen LogP contribution in [0.1, 0.15) is 5.69 Å². The average Bonchev–Trinajstić information content (AvgIpc) is 2.36. The number of rotatable bonds is 3. The van der Waals surface area contributed by atoms with Crippen molar-refractivity contribution in [3.63, 3.8) is 0 Å². The summed E-state index contributed by atoms with van der Waals surface area (Å²) in [6.45, 7) is -0.275. The first-order chi connectivity index (χ1) is 8.60. The lowest BCUT2D eigenvalue weighted by atomic mass is 10.3. The largest absolute Gasteiger partial charge is 0.439 e. The predicted octanol–water partition coefficient (Wildman–Crippen LogP) is 3.92. The maximum absolute atomic E-state index is 13.0. The summed E-state index contributed by atoms with van der Waals surface area (Å²) >= 11 is 8.87. The Morgan fingerprint density at radius 2 is 2.11 bits per heavy atom. The summed E-state index contributed by atoms with van der Waals surface area (Å²) in [5.41, 5.74) is 0.329. The number of benzene rings is 1. The van der Waals surface area contributed by atoms with Gasteiger partial charge in [-0.3, -0.25) is 0 Å². The lowest BCUT2D eigenvalue weighted by molar-refractivity contribution is 0.275. The Labute approximate surface area is 116 Å². The number of aliphatic hydroxyl groups excluding tert-OH is 1. The Morgan fingerprint density at radius 1 is 1.33 bits per heavy atom. The molecule has 0 amide bonds. The van der Waals surface area contributed by atoms with Crippen LogP contribution >= 0.6 is 27.5 Å². The van der Waals surface area contributed by atoms with E-state index in [0.29, 0.717) is 20.9 Å². The van der Waals surface area contributed by atoms with Gasteiger partial charge in [-0.15, -0.1) is 0 Å². The molecule has 1 aromatic carbocycles. The van der Waals surface area contributed by atoms with Gasteiger partial charge in [0.25, 0.3) is 0 Å². The molecule has 0 saturated heterocycles. The van der Waals surface area contributed by atoms with Crippen LogP contribution in [0.2, 0.25) is 5.02 Å². The SMILES string of the molecule is OCc1nc(Oc2ccc(F)c(Br)c2)ccc1Cl. The molecule has 1 heterocycles. The smallest absolute Gasteiger partial charge is 0.219 e. The summed E-state index contributed by atoms with van der Waals surface area (Å²) in [6, 6.07) is 7.40. The van der Waals surface area contributed by atoms with Crippen LogP contribution in [0.5, 0.6) is 11.6 Å². The van der Waals surface area contributed by atoms with E-state index in [4.69, 9.17) is 21.4 Å². The number of aromatic nitrogens is 1. The Bertz CT molecular complexity index is 580. The summed E-state index contributed by atoms with van der Waals surface area (Å²) in [5, 5.41) is 9.40. The van der Waals surface area contributed by atoms with Crippen LogP contribution in [0.3, 0.4) is 0 Å². The topological polar surface area (TPSA) is 42.4 Å². The first-order valence-corrected chi connectivity index (χ1v) is 6.16. The zero-order chi connectivity index (χ0) is 13.1.